The van der Waals surface area contributed by atoms with Gasteiger partial charge in [0, 0.05) is 5.69 Å². The van der Waals surface area contributed by atoms with E-state index in [9.17, 15) is 9.59 Å². The summed E-state index contributed by atoms with van der Waals surface area (Å²) >= 11 is 6.18. The summed E-state index contributed by atoms with van der Waals surface area (Å²) in [6.07, 6.45) is -0.110. The fraction of sp³-hybridized carbons (Fsp3) is 0.263. The lowest BCUT2D eigenvalue weighted by molar-refractivity contribution is -0.119. The molecule has 6 nitrogen and oxygen atoms in total. The molecule has 0 saturated carbocycles. The monoisotopic (exact) mass is 377 g/mol. The molecule has 0 aliphatic rings. The van der Waals surface area contributed by atoms with Crippen LogP contribution in [0.5, 0.6) is 11.5 Å². The number of rotatable bonds is 7. The first-order valence-electron chi connectivity index (χ1n) is 7.97. The van der Waals surface area contributed by atoms with Crippen LogP contribution < -0.4 is 14.8 Å². The van der Waals surface area contributed by atoms with Gasteiger partial charge in [0.15, 0.2) is 18.1 Å². The van der Waals surface area contributed by atoms with E-state index in [-0.39, 0.29) is 16.7 Å². The molecule has 0 atom stereocenters. The van der Waals surface area contributed by atoms with E-state index in [2.05, 4.69) is 5.32 Å². The van der Waals surface area contributed by atoms with Gasteiger partial charge in [-0.3, -0.25) is 4.79 Å². The molecule has 0 unspecified atom stereocenters. The minimum Gasteiger partial charge on any atom is -0.493 e. The van der Waals surface area contributed by atoms with Crippen LogP contribution in [0.3, 0.4) is 0 Å². The molecule has 1 amide bonds. The summed E-state index contributed by atoms with van der Waals surface area (Å²) in [5.41, 5.74) is 0.781. The van der Waals surface area contributed by atoms with Crippen LogP contribution in [-0.4, -0.2) is 31.7 Å². The first-order chi connectivity index (χ1) is 12.4. The normalized spacial score (nSPS) is 10.3. The molecule has 0 fully saturated rings. The van der Waals surface area contributed by atoms with Crippen LogP contribution >= 0.6 is 11.6 Å². The summed E-state index contributed by atoms with van der Waals surface area (Å²) in [7, 11) is 1.45. The summed E-state index contributed by atoms with van der Waals surface area (Å²) in [6.45, 7) is 3.28. The van der Waals surface area contributed by atoms with Crippen LogP contribution in [0.4, 0.5) is 5.69 Å². The molecule has 26 heavy (non-hydrogen) atoms. The van der Waals surface area contributed by atoms with E-state index < -0.39 is 18.5 Å². The number of hydrogen-bond donors (Lipinski definition) is 1. The molecule has 1 N–H and O–H groups in total. The fourth-order valence-corrected chi connectivity index (χ4v) is 2.38. The first-order valence-corrected chi connectivity index (χ1v) is 8.34. The molecular weight excluding hydrogens is 358 g/mol. The number of anilines is 1. The first kappa shape index (κ1) is 19.6. The Labute approximate surface area is 157 Å². The summed E-state index contributed by atoms with van der Waals surface area (Å²) in [5, 5.41) is 2.85. The molecule has 2 rings (SSSR count). The molecule has 0 radical (unpaired) electrons. The predicted octanol–water partition coefficient (Wildman–Crippen LogP) is 3.93. The van der Waals surface area contributed by atoms with Gasteiger partial charge in [-0.15, -0.1) is 0 Å². The Kier molecular flexibility index (Phi) is 6.86. The van der Waals surface area contributed by atoms with Gasteiger partial charge in [0.2, 0.25) is 0 Å². The number of amides is 1. The van der Waals surface area contributed by atoms with Gasteiger partial charge in [0.25, 0.3) is 5.91 Å². The van der Waals surface area contributed by atoms with E-state index in [1.54, 1.807) is 24.3 Å². The Morgan fingerprint density at radius 3 is 2.46 bits per heavy atom. The standard InChI is InChI=1S/C19H20ClNO5/c1-12(2)26-18-15(20)9-13(10-16(18)24-3)19(23)25-11-17(22)21-14-7-5-4-6-8-14/h4-10,12H,11H2,1-3H3,(H,21,22). The third-order valence-corrected chi connectivity index (χ3v) is 3.49. The summed E-state index contributed by atoms with van der Waals surface area (Å²) in [6, 6.07) is 11.8. The van der Waals surface area contributed by atoms with Gasteiger partial charge in [-0.1, -0.05) is 29.8 Å². The molecule has 2 aromatic carbocycles. The van der Waals surface area contributed by atoms with Crippen LogP contribution in [0.25, 0.3) is 0 Å². The Bertz CT molecular complexity index is 777. The van der Waals surface area contributed by atoms with Crippen molar-refractivity contribution in [3.8, 4) is 11.5 Å². The lowest BCUT2D eigenvalue weighted by Gasteiger charge is -2.16. The quantitative estimate of drug-likeness (QED) is 0.740. The van der Waals surface area contributed by atoms with E-state index in [1.165, 1.54) is 19.2 Å². The third kappa shape index (κ3) is 5.39. The number of halogens is 1. The Hall–Kier alpha value is -2.73. The van der Waals surface area contributed by atoms with Gasteiger partial charge in [-0.05, 0) is 38.1 Å². The van der Waals surface area contributed by atoms with Crippen molar-refractivity contribution in [3.05, 3.63) is 53.1 Å². The number of carbonyl (C=O) groups excluding carboxylic acids is 2. The van der Waals surface area contributed by atoms with Crippen LogP contribution in [0.1, 0.15) is 24.2 Å². The lowest BCUT2D eigenvalue weighted by Crippen LogP contribution is -2.21. The van der Waals surface area contributed by atoms with Gasteiger partial charge in [0.1, 0.15) is 0 Å². The number of hydrogen-bond acceptors (Lipinski definition) is 5. The second kappa shape index (κ2) is 9.10. The maximum atomic E-state index is 12.2. The number of esters is 1. The minimum absolute atomic E-state index is 0.110. The molecule has 7 heteroatoms. The Morgan fingerprint density at radius 1 is 1.15 bits per heavy atom. The highest BCUT2D eigenvalue weighted by Gasteiger charge is 2.18. The molecule has 138 valence electrons. The van der Waals surface area contributed by atoms with Crippen LogP contribution in [0, 0.1) is 0 Å². The second-order valence-electron chi connectivity index (χ2n) is 5.65. The van der Waals surface area contributed by atoms with E-state index in [0.29, 0.717) is 17.2 Å². The SMILES string of the molecule is COc1cc(C(=O)OCC(=O)Nc2ccccc2)cc(Cl)c1OC(C)C. The highest BCUT2D eigenvalue weighted by Crippen LogP contribution is 2.37. The zero-order valence-corrected chi connectivity index (χ0v) is 15.5. The van der Waals surface area contributed by atoms with Crippen molar-refractivity contribution >= 4 is 29.2 Å². The zero-order valence-electron chi connectivity index (χ0n) is 14.7. The smallest absolute Gasteiger partial charge is 0.338 e. The van der Waals surface area contributed by atoms with Crippen molar-refractivity contribution in [1.29, 1.82) is 0 Å². The highest BCUT2D eigenvalue weighted by atomic mass is 35.5. The van der Waals surface area contributed by atoms with Gasteiger partial charge >= 0.3 is 5.97 Å². The maximum Gasteiger partial charge on any atom is 0.338 e. The summed E-state index contributed by atoms with van der Waals surface area (Å²) in [4.78, 5) is 24.1. The summed E-state index contributed by atoms with van der Waals surface area (Å²) in [5.74, 6) is -0.471. The van der Waals surface area contributed by atoms with Crippen LogP contribution in [0.2, 0.25) is 5.02 Å². The molecule has 0 spiro atoms. The van der Waals surface area contributed by atoms with Crippen molar-refractivity contribution in [2.45, 2.75) is 20.0 Å². The molecule has 0 bridgehead atoms. The topological polar surface area (TPSA) is 73.9 Å². The number of para-hydroxylation sites is 1. The van der Waals surface area contributed by atoms with Crippen molar-refractivity contribution in [2.75, 3.05) is 19.0 Å². The lowest BCUT2D eigenvalue weighted by atomic mass is 10.2. The number of benzene rings is 2. The third-order valence-electron chi connectivity index (χ3n) is 3.21. The van der Waals surface area contributed by atoms with Gasteiger partial charge in [-0.2, -0.15) is 0 Å². The molecular formula is C19H20ClNO5. The number of ether oxygens (including phenoxy) is 3. The number of nitrogens with one attached hydrogen (secondary N) is 1. The van der Waals surface area contributed by atoms with Crippen molar-refractivity contribution in [1.82, 2.24) is 0 Å². The summed E-state index contributed by atoms with van der Waals surface area (Å²) < 4.78 is 15.9. The Morgan fingerprint density at radius 2 is 1.85 bits per heavy atom. The van der Waals surface area contributed by atoms with E-state index >= 15 is 0 Å². The molecule has 0 aliphatic heterocycles. The van der Waals surface area contributed by atoms with Gasteiger partial charge < -0.3 is 19.5 Å². The second-order valence-corrected chi connectivity index (χ2v) is 6.05. The minimum atomic E-state index is -0.690. The van der Waals surface area contributed by atoms with Crippen molar-refractivity contribution in [3.63, 3.8) is 0 Å². The van der Waals surface area contributed by atoms with E-state index in [0.717, 1.165) is 0 Å². The molecule has 2 aromatic rings. The largest absolute Gasteiger partial charge is 0.493 e. The predicted molar refractivity (Wildman–Crippen MR) is 99.1 cm³/mol. The van der Waals surface area contributed by atoms with E-state index in [1.807, 2.05) is 19.9 Å². The number of methoxy groups -OCH3 is 1. The molecule has 0 aromatic heterocycles. The average molecular weight is 378 g/mol. The zero-order chi connectivity index (χ0) is 19.1. The number of carbonyl (C=O) groups is 2. The molecule has 0 heterocycles. The van der Waals surface area contributed by atoms with Crippen LogP contribution in [-0.2, 0) is 9.53 Å². The maximum absolute atomic E-state index is 12.2. The highest BCUT2D eigenvalue weighted by molar-refractivity contribution is 6.32. The van der Waals surface area contributed by atoms with E-state index in [4.69, 9.17) is 25.8 Å². The fourth-order valence-electron chi connectivity index (χ4n) is 2.12. The Balaban J connectivity index is 2.02. The molecule has 0 aliphatic carbocycles. The molecule has 0 saturated heterocycles. The van der Waals surface area contributed by atoms with Crippen molar-refractivity contribution < 1.29 is 23.8 Å². The average Bonchev–Trinajstić information content (AvgIpc) is 2.61. The van der Waals surface area contributed by atoms with Gasteiger partial charge in [-0.25, -0.2) is 4.79 Å². The van der Waals surface area contributed by atoms with Crippen LogP contribution in [0.15, 0.2) is 42.5 Å². The van der Waals surface area contributed by atoms with Crippen molar-refractivity contribution in [2.24, 2.45) is 0 Å². The van der Waals surface area contributed by atoms with Gasteiger partial charge in [0.05, 0.1) is 23.8 Å².